The van der Waals surface area contributed by atoms with Crippen molar-refractivity contribution in [2.45, 2.75) is 0 Å². The van der Waals surface area contributed by atoms with Crippen molar-refractivity contribution in [3.05, 3.63) is 42.0 Å². The van der Waals surface area contributed by atoms with Gasteiger partial charge in [-0.15, -0.1) is 0 Å². The van der Waals surface area contributed by atoms with Gasteiger partial charge in [0.2, 0.25) is 0 Å². The molecule has 6 heteroatoms. The van der Waals surface area contributed by atoms with E-state index in [2.05, 4.69) is 66.1 Å². The van der Waals surface area contributed by atoms with E-state index in [-0.39, 0.29) is 0 Å². The maximum Gasteiger partial charge on any atom is 0.153 e. The molecule has 0 aliphatic rings. The van der Waals surface area contributed by atoms with Crippen molar-refractivity contribution in [2.24, 2.45) is 0 Å². The number of hydrogen-bond acceptors (Lipinski definition) is 2. The number of carbonyl (C=O) groups is 1. The smallest absolute Gasteiger partial charge is 0.153 e. The molecular formula is C10H5BrI2N2O. The topological polar surface area (TPSA) is 34.9 Å². The summed E-state index contributed by atoms with van der Waals surface area (Å²) in [5.74, 6) is 0. The summed E-state index contributed by atoms with van der Waals surface area (Å²) in [6.07, 6.45) is 2.57. The Balaban J connectivity index is 2.69. The molecule has 3 nitrogen and oxygen atoms in total. The van der Waals surface area contributed by atoms with Gasteiger partial charge >= 0.3 is 0 Å². The molecule has 0 fully saturated rings. The van der Waals surface area contributed by atoms with Crippen molar-refractivity contribution >= 4 is 67.4 Å². The molecule has 1 aromatic heterocycles. The number of aldehydes is 1. The van der Waals surface area contributed by atoms with E-state index in [1.807, 2.05) is 22.8 Å². The van der Waals surface area contributed by atoms with Crippen LogP contribution in [-0.2, 0) is 0 Å². The van der Waals surface area contributed by atoms with Crippen LogP contribution in [0.25, 0.3) is 5.69 Å². The molecule has 2 rings (SSSR count). The summed E-state index contributed by atoms with van der Waals surface area (Å²) in [5, 5.41) is 0. The Morgan fingerprint density at radius 1 is 1.38 bits per heavy atom. The van der Waals surface area contributed by atoms with Gasteiger partial charge in [0.25, 0.3) is 0 Å². The van der Waals surface area contributed by atoms with Crippen molar-refractivity contribution < 1.29 is 4.79 Å². The van der Waals surface area contributed by atoms with Crippen LogP contribution < -0.4 is 0 Å². The number of nitrogens with zero attached hydrogens (tertiary/aromatic N) is 2. The van der Waals surface area contributed by atoms with Crippen LogP contribution in [0.1, 0.15) is 10.4 Å². The third kappa shape index (κ3) is 2.19. The second kappa shape index (κ2) is 5.13. The molecule has 1 heterocycles. The fraction of sp³-hybridized carbons (Fsp3) is 0. The van der Waals surface area contributed by atoms with Gasteiger partial charge in [-0.3, -0.25) is 9.36 Å². The minimum atomic E-state index is 0.634. The Morgan fingerprint density at radius 3 is 2.69 bits per heavy atom. The molecule has 82 valence electrons. The quantitative estimate of drug-likeness (QED) is 0.464. The van der Waals surface area contributed by atoms with Crippen LogP contribution in [-0.4, -0.2) is 15.8 Å². The standard InChI is InChI=1S/C10H5BrI2N2O/c11-7-2-1-3-8(6(7)4-16)15-5-14-9(12)10(15)13/h1-5H. The number of rotatable bonds is 2. The summed E-state index contributed by atoms with van der Waals surface area (Å²) >= 11 is 7.74. The van der Waals surface area contributed by atoms with Crippen molar-refractivity contribution in [2.75, 3.05) is 0 Å². The van der Waals surface area contributed by atoms with Gasteiger partial charge in [0.15, 0.2) is 6.29 Å². The Hall–Kier alpha value is 0.0400. The number of hydrogen-bond donors (Lipinski definition) is 0. The highest BCUT2D eigenvalue weighted by Crippen LogP contribution is 2.25. The van der Waals surface area contributed by atoms with E-state index in [9.17, 15) is 4.79 Å². The molecule has 0 amide bonds. The Labute approximate surface area is 128 Å². The Kier molecular flexibility index (Phi) is 4.01. The van der Waals surface area contributed by atoms with Crippen LogP contribution >= 0.6 is 61.1 Å². The number of benzene rings is 1. The summed E-state index contributed by atoms with van der Waals surface area (Å²) in [6.45, 7) is 0. The SMILES string of the molecule is O=Cc1c(Br)cccc1-n1cnc(I)c1I. The molecule has 0 aliphatic heterocycles. The van der Waals surface area contributed by atoms with Gasteiger partial charge in [0.05, 0.1) is 11.3 Å². The number of aromatic nitrogens is 2. The molecule has 0 unspecified atom stereocenters. The van der Waals surface area contributed by atoms with Gasteiger partial charge in [0, 0.05) is 4.47 Å². The summed E-state index contributed by atoms with van der Waals surface area (Å²) in [7, 11) is 0. The van der Waals surface area contributed by atoms with Crippen LogP contribution in [0.15, 0.2) is 29.0 Å². The molecular weight excluding hydrogens is 498 g/mol. The lowest BCUT2D eigenvalue weighted by Gasteiger charge is -2.08. The van der Waals surface area contributed by atoms with E-state index in [0.29, 0.717) is 5.56 Å². The first kappa shape index (κ1) is 12.5. The summed E-state index contributed by atoms with van der Waals surface area (Å²) in [5.41, 5.74) is 1.47. The first-order valence-electron chi connectivity index (χ1n) is 4.27. The lowest BCUT2D eigenvalue weighted by molar-refractivity contribution is 0.112. The molecule has 0 saturated heterocycles. The minimum Gasteiger partial charge on any atom is -0.298 e. The fourth-order valence-electron chi connectivity index (χ4n) is 1.33. The van der Waals surface area contributed by atoms with Gasteiger partial charge < -0.3 is 0 Å². The van der Waals surface area contributed by atoms with E-state index in [4.69, 9.17) is 0 Å². The molecule has 0 atom stereocenters. The summed E-state index contributed by atoms with van der Waals surface area (Å²) in [6, 6.07) is 5.64. The molecule has 0 saturated carbocycles. The molecule has 0 bridgehead atoms. The van der Waals surface area contributed by atoms with E-state index in [0.717, 1.165) is 23.8 Å². The zero-order chi connectivity index (χ0) is 11.7. The lowest BCUT2D eigenvalue weighted by atomic mass is 10.2. The zero-order valence-electron chi connectivity index (χ0n) is 7.82. The second-order valence-electron chi connectivity index (χ2n) is 2.99. The maximum atomic E-state index is 11.1. The van der Waals surface area contributed by atoms with E-state index < -0.39 is 0 Å². The average molecular weight is 503 g/mol. The highest BCUT2D eigenvalue weighted by atomic mass is 127. The monoisotopic (exact) mass is 502 g/mol. The highest BCUT2D eigenvalue weighted by molar-refractivity contribution is 14.1. The Morgan fingerprint density at radius 2 is 2.12 bits per heavy atom. The van der Waals surface area contributed by atoms with Gasteiger partial charge in [-0.2, -0.15) is 0 Å². The summed E-state index contributed by atoms with van der Waals surface area (Å²) in [4.78, 5) is 15.3. The van der Waals surface area contributed by atoms with E-state index in [1.165, 1.54) is 0 Å². The van der Waals surface area contributed by atoms with Gasteiger partial charge in [0.1, 0.15) is 13.7 Å². The molecule has 0 radical (unpaired) electrons. The summed E-state index contributed by atoms with van der Waals surface area (Å²) < 4.78 is 4.62. The highest BCUT2D eigenvalue weighted by Gasteiger charge is 2.12. The van der Waals surface area contributed by atoms with Crippen LogP contribution in [0, 0.1) is 7.40 Å². The van der Waals surface area contributed by atoms with Crippen LogP contribution in [0.5, 0.6) is 0 Å². The first-order valence-corrected chi connectivity index (χ1v) is 7.22. The minimum absolute atomic E-state index is 0.634. The normalized spacial score (nSPS) is 10.4. The number of carbonyl (C=O) groups excluding carboxylic acids is 1. The first-order chi connectivity index (χ1) is 7.65. The number of imidazole rings is 1. The predicted octanol–water partition coefficient (Wildman–Crippen LogP) is 3.66. The van der Waals surface area contributed by atoms with Crippen LogP contribution in [0.3, 0.4) is 0 Å². The third-order valence-corrected chi connectivity index (χ3v) is 5.62. The zero-order valence-corrected chi connectivity index (χ0v) is 13.7. The Bertz CT molecular complexity index is 554. The van der Waals surface area contributed by atoms with Crippen molar-refractivity contribution in [1.82, 2.24) is 9.55 Å². The molecule has 2 aromatic rings. The fourth-order valence-corrected chi connectivity index (χ4v) is 2.69. The van der Waals surface area contributed by atoms with Crippen LogP contribution in [0.2, 0.25) is 0 Å². The lowest BCUT2D eigenvalue weighted by Crippen LogP contribution is -2.00. The van der Waals surface area contributed by atoms with Gasteiger partial charge in [-0.05, 0) is 73.2 Å². The van der Waals surface area contributed by atoms with Crippen LogP contribution in [0.4, 0.5) is 0 Å². The van der Waals surface area contributed by atoms with Crippen molar-refractivity contribution in [3.63, 3.8) is 0 Å². The second-order valence-corrected chi connectivity index (χ2v) is 5.88. The number of halogens is 3. The van der Waals surface area contributed by atoms with Gasteiger partial charge in [-0.25, -0.2) is 4.98 Å². The van der Waals surface area contributed by atoms with E-state index in [1.54, 1.807) is 6.33 Å². The largest absolute Gasteiger partial charge is 0.298 e. The molecule has 16 heavy (non-hydrogen) atoms. The molecule has 0 N–H and O–H groups in total. The van der Waals surface area contributed by atoms with Crippen molar-refractivity contribution in [3.8, 4) is 5.69 Å². The van der Waals surface area contributed by atoms with Crippen molar-refractivity contribution in [1.29, 1.82) is 0 Å². The molecule has 0 spiro atoms. The average Bonchev–Trinajstić information content (AvgIpc) is 2.59. The van der Waals surface area contributed by atoms with Gasteiger partial charge in [-0.1, -0.05) is 6.07 Å². The third-order valence-electron chi connectivity index (χ3n) is 2.08. The maximum absolute atomic E-state index is 11.1. The van der Waals surface area contributed by atoms with E-state index >= 15 is 0 Å². The molecule has 0 aliphatic carbocycles. The predicted molar refractivity (Wildman–Crippen MR) is 82.1 cm³/mol. The molecule has 1 aromatic carbocycles.